The number of rotatable bonds is 3. The number of amides is 1. The Balaban J connectivity index is 2.09. The molecule has 2 rings (SSSR count). The number of carbonyl (C=O) groups excluding carboxylic acids is 1. The Morgan fingerprint density at radius 1 is 1.28 bits per heavy atom. The standard InChI is InChI=1S/C14H13N3O/c1-2-3-4-7-17-14(18)11-5-6-12-13(10-11)16-9-8-15-12/h5-6,8-10H,4,7H2,1H3,(H,17,18). The van der Waals surface area contributed by atoms with Crippen LogP contribution in [0.15, 0.2) is 30.6 Å². The Hall–Kier alpha value is -2.41. The van der Waals surface area contributed by atoms with E-state index in [2.05, 4.69) is 27.1 Å². The van der Waals surface area contributed by atoms with Crippen LogP contribution in [0.3, 0.4) is 0 Å². The Morgan fingerprint density at radius 2 is 2.06 bits per heavy atom. The predicted molar refractivity (Wildman–Crippen MR) is 69.9 cm³/mol. The van der Waals surface area contributed by atoms with E-state index < -0.39 is 0 Å². The summed E-state index contributed by atoms with van der Waals surface area (Å²) in [5, 5.41) is 2.81. The summed E-state index contributed by atoms with van der Waals surface area (Å²) in [6.07, 6.45) is 3.90. The molecule has 1 aromatic heterocycles. The molecule has 0 aliphatic rings. The molecule has 0 fully saturated rings. The molecule has 0 saturated heterocycles. The highest BCUT2D eigenvalue weighted by Crippen LogP contribution is 2.10. The number of hydrogen-bond acceptors (Lipinski definition) is 3. The molecule has 1 heterocycles. The minimum Gasteiger partial charge on any atom is -0.351 e. The Bertz CT molecular complexity index is 625. The van der Waals surface area contributed by atoms with Crippen molar-refractivity contribution in [2.24, 2.45) is 0 Å². The van der Waals surface area contributed by atoms with Crippen molar-refractivity contribution >= 4 is 16.9 Å². The van der Waals surface area contributed by atoms with Gasteiger partial charge in [0.2, 0.25) is 0 Å². The van der Waals surface area contributed by atoms with Gasteiger partial charge in [0.1, 0.15) is 0 Å². The molecule has 1 N–H and O–H groups in total. The number of nitrogens with zero attached hydrogens (tertiary/aromatic N) is 2. The number of fused-ring (bicyclic) bond motifs is 1. The molecule has 4 heteroatoms. The summed E-state index contributed by atoms with van der Waals surface area (Å²) in [6.45, 7) is 2.34. The van der Waals surface area contributed by atoms with Gasteiger partial charge in [0, 0.05) is 30.9 Å². The topological polar surface area (TPSA) is 54.9 Å². The zero-order valence-corrected chi connectivity index (χ0v) is 10.1. The molecular formula is C14H13N3O. The summed E-state index contributed by atoms with van der Waals surface area (Å²) in [7, 11) is 0. The molecular weight excluding hydrogens is 226 g/mol. The second-order valence-corrected chi connectivity index (χ2v) is 3.69. The van der Waals surface area contributed by atoms with Crippen molar-refractivity contribution in [3.05, 3.63) is 36.2 Å². The summed E-state index contributed by atoms with van der Waals surface area (Å²) in [5.74, 6) is 5.57. The molecule has 1 amide bonds. The van der Waals surface area contributed by atoms with E-state index in [1.54, 1.807) is 37.5 Å². The van der Waals surface area contributed by atoms with Crippen molar-refractivity contribution in [1.82, 2.24) is 15.3 Å². The number of hydrogen-bond donors (Lipinski definition) is 1. The van der Waals surface area contributed by atoms with Crippen LogP contribution in [0.2, 0.25) is 0 Å². The first-order valence-electron chi connectivity index (χ1n) is 5.70. The van der Waals surface area contributed by atoms with E-state index in [9.17, 15) is 4.79 Å². The van der Waals surface area contributed by atoms with Crippen molar-refractivity contribution in [2.45, 2.75) is 13.3 Å². The number of carbonyl (C=O) groups is 1. The maximum Gasteiger partial charge on any atom is 0.251 e. The monoisotopic (exact) mass is 239 g/mol. The van der Waals surface area contributed by atoms with Crippen molar-refractivity contribution < 1.29 is 4.79 Å². The van der Waals surface area contributed by atoms with Crippen LogP contribution in [0.4, 0.5) is 0 Å². The molecule has 0 spiro atoms. The molecule has 18 heavy (non-hydrogen) atoms. The van der Waals surface area contributed by atoms with Crippen LogP contribution in [0.25, 0.3) is 11.0 Å². The molecule has 4 nitrogen and oxygen atoms in total. The van der Waals surface area contributed by atoms with Gasteiger partial charge in [0.25, 0.3) is 5.91 Å². The Morgan fingerprint density at radius 3 is 2.83 bits per heavy atom. The minimum atomic E-state index is -0.111. The predicted octanol–water partition coefficient (Wildman–Crippen LogP) is 1.77. The maximum absolute atomic E-state index is 11.8. The molecule has 0 saturated carbocycles. The smallest absolute Gasteiger partial charge is 0.251 e. The van der Waals surface area contributed by atoms with Crippen molar-refractivity contribution in [1.29, 1.82) is 0 Å². The first-order valence-corrected chi connectivity index (χ1v) is 5.70. The lowest BCUT2D eigenvalue weighted by Gasteiger charge is -2.03. The lowest BCUT2D eigenvalue weighted by Crippen LogP contribution is -2.24. The molecule has 0 bridgehead atoms. The quantitative estimate of drug-likeness (QED) is 0.656. The molecule has 90 valence electrons. The van der Waals surface area contributed by atoms with E-state index in [-0.39, 0.29) is 5.91 Å². The van der Waals surface area contributed by atoms with Crippen LogP contribution in [0.1, 0.15) is 23.7 Å². The van der Waals surface area contributed by atoms with Crippen molar-refractivity contribution in [3.8, 4) is 11.8 Å². The molecule has 2 aromatic rings. The summed E-state index contributed by atoms with van der Waals surface area (Å²) < 4.78 is 0. The Kier molecular flexibility index (Phi) is 3.87. The highest BCUT2D eigenvalue weighted by Gasteiger charge is 2.05. The van der Waals surface area contributed by atoms with E-state index in [4.69, 9.17) is 0 Å². The average molecular weight is 239 g/mol. The van der Waals surface area contributed by atoms with Crippen LogP contribution < -0.4 is 5.32 Å². The highest BCUT2D eigenvalue weighted by atomic mass is 16.1. The lowest BCUT2D eigenvalue weighted by atomic mass is 10.2. The number of benzene rings is 1. The van der Waals surface area contributed by atoms with Gasteiger partial charge in [-0.05, 0) is 25.1 Å². The molecule has 0 radical (unpaired) electrons. The second-order valence-electron chi connectivity index (χ2n) is 3.69. The largest absolute Gasteiger partial charge is 0.351 e. The van der Waals surface area contributed by atoms with Crippen LogP contribution >= 0.6 is 0 Å². The molecule has 0 aliphatic carbocycles. The lowest BCUT2D eigenvalue weighted by molar-refractivity contribution is 0.0954. The molecule has 0 unspecified atom stereocenters. The van der Waals surface area contributed by atoms with Crippen LogP contribution in [0, 0.1) is 11.8 Å². The first-order chi connectivity index (χ1) is 8.81. The van der Waals surface area contributed by atoms with Crippen LogP contribution in [0.5, 0.6) is 0 Å². The van der Waals surface area contributed by atoms with Gasteiger partial charge in [0.15, 0.2) is 0 Å². The van der Waals surface area contributed by atoms with Gasteiger partial charge in [-0.3, -0.25) is 14.8 Å². The fourth-order valence-electron chi connectivity index (χ4n) is 1.57. The van der Waals surface area contributed by atoms with Crippen molar-refractivity contribution in [2.75, 3.05) is 6.54 Å². The van der Waals surface area contributed by atoms with Gasteiger partial charge in [-0.25, -0.2) is 0 Å². The fourth-order valence-corrected chi connectivity index (χ4v) is 1.57. The zero-order valence-electron chi connectivity index (χ0n) is 10.1. The summed E-state index contributed by atoms with van der Waals surface area (Å²) >= 11 is 0. The van der Waals surface area contributed by atoms with E-state index in [1.165, 1.54) is 0 Å². The summed E-state index contributed by atoms with van der Waals surface area (Å²) in [6, 6.07) is 5.28. The molecule has 0 atom stereocenters. The minimum absolute atomic E-state index is 0.111. The SMILES string of the molecule is CC#CCCNC(=O)c1ccc2nccnc2c1. The normalized spacial score (nSPS) is 9.61. The molecule has 1 aromatic carbocycles. The maximum atomic E-state index is 11.8. The fraction of sp³-hybridized carbons (Fsp3) is 0.214. The first kappa shape index (κ1) is 12.1. The Labute approximate surface area is 105 Å². The summed E-state index contributed by atoms with van der Waals surface area (Å²) in [5.41, 5.74) is 2.09. The van der Waals surface area contributed by atoms with Gasteiger partial charge in [-0.2, -0.15) is 0 Å². The average Bonchev–Trinajstić information content (AvgIpc) is 2.43. The summed E-state index contributed by atoms with van der Waals surface area (Å²) in [4.78, 5) is 20.2. The van der Waals surface area contributed by atoms with E-state index in [0.29, 0.717) is 18.5 Å². The third-order valence-electron chi connectivity index (χ3n) is 2.44. The van der Waals surface area contributed by atoms with Gasteiger partial charge in [0.05, 0.1) is 11.0 Å². The number of aromatic nitrogens is 2. The van der Waals surface area contributed by atoms with E-state index >= 15 is 0 Å². The van der Waals surface area contributed by atoms with Crippen molar-refractivity contribution in [3.63, 3.8) is 0 Å². The van der Waals surface area contributed by atoms with E-state index in [0.717, 1.165) is 11.0 Å². The van der Waals surface area contributed by atoms with Gasteiger partial charge in [-0.1, -0.05) is 0 Å². The zero-order chi connectivity index (χ0) is 12.8. The van der Waals surface area contributed by atoms with E-state index in [1.807, 2.05) is 0 Å². The third kappa shape index (κ3) is 2.83. The van der Waals surface area contributed by atoms with Crippen LogP contribution in [-0.4, -0.2) is 22.4 Å². The highest BCUT2D eigenvalue weighted by molar-refractivity contribution is 5.97. The van der Waals surface area contributed by atoms with Gasteiger partial charge in [-0.15, -0.1) is 11.8 Å². The van der Waals surface area contributed by atoms with Crippen LogP contribution in [-0.2, 0) is 0 Å². The number of nitrogens with one attached hydrogen (secondary N) is 1. The van der Waals surface area contributed by atoms with Gasteiger partial charge < -0.3 is 5.32 Å². The third-order valence-corrected chi connectivity index (χ3v) is 2.44. The second kappa shape index (κ2) is 5.78. The van der Waals surface area contributed by atoms with Gasteiger partial charge >= 0.3 is 0 Å². The molecule has 0 aliphatic heterocycles.